The standard InChI is InChI=1S/C14H20FN3O2/c1-4-18(5-2)14(20)9(3)17-13(19)10-6-7-12(16)11(15)8-10/h6-9H,4-5,16H2,1-3H3,(H,17,19). The summed E-state index contributed by atoms with van der Waals surface area (Å²) < 4.78 is 13.3. The molecule has 0 radical (unpaired) electrons. The molecule has 3 N–H and O–H groups in total. The Labute approximate surface area is 117 Å². The van der Waals surface area contributed by atoms with E-state index in [1.54, 1.807) is 11.8 Å². The summed E-state index contributed by atoms with van der Waals surface area (Å²) in [4.78, 5) is 25.6. The van der Waals surface area contributed by atoms with Crippen molar-refractivity contribution in [3.05, 3.63) is 29.6 Å². The molecule has 0 saturated heterocycles. The zero-order valence-electron chi connectivity index (χ0n) is 11.9. The fourth-order valence-electron chi connectivity index (χ4n) is 1.82. The number of hydrogen-bond acceptors (Lipinski definition) is 3. The molecular weight excluding hydrogens is 261 g/mol. The van der Waals surface area contributed by atoms with Gasteiger partial charge in [0, 0.05) is 18.7 Å². The van der Waals surface area contributed by atoms with Crippen LogP contribution < -0.4 is 11.1 Å². The van der Waals surface area contributed by atoms with Gasteiger partial charge in [-0.25, -0.2) is 4.39 Å². The molecule has 0 saturated carbocycles. The van der Waals surface area contributed by atoms with E-state index in [2.05, 4.69) is 5.32 Å². The lowest BCUT2D eigenvalue weighted by molar-refractivity contribution is -0.132. The number of carbonyl (C=O) groups excluding carboxylic acids is 2. The number of benzene rings is 1. The van der Waals surface area contributed by atoms with E-state index < -0.39 is 17.8 Å². The summed E-state index contributed by atoms with van der Waals surface area (Å²) in [6, 6.07) is 3.13. The van der Waals surface area contributed by atoms with Gasteiger partial charge in [0.25, 0.3) is 5.91 Å². The second-order valence-electron chi connectivity index (χ2n) is 4.44. The minimum atomic E-state index is -0.664. The van der Waals surface area contributed by atoms with Gasteiger partial charge in [-0.15, -0.1) is 0 Å². The molecule has 5 nitrogen and oxygen atoms in total. The molecule has 110 valence electrons. The molecular formula is C14H20FN3O2. The first-order valence-corrected chi connectivity index (χ1v) is 6.55. The van der Waals surface area contributed by atoms with Crippen LogP contribution in [-0.4, -0.2) is 35.8 Å². The topological polar surface area (TPSA) is 75.4 Å². The van der Waals surface area contributed by atoms with Gasteiger partial charge in [0.05, 0.1) is 5.69 Å². The first-order chi connectivity index (χ1) is 9.40. The van der Waals surface area contributed by atoms with Gasteiger partial charge in [-0.1, -0.05) is 0 Å². The van der Waals surface area contributed by atoms with E-state index in [1.165, 1.54) is 12.1 Å². The largest absolute Gasteiger partial charge is 0.396 e. The molecule has 0 fully saturated rings. The summed E-state index contributed by atoms with van der Waals surface area (Å²) in [5.41, 5.74) is 5.46. The van der Waals surface area contributed by atoms with E-state index in [-0.39, 0.29) is 17.2 Å². The fraction of sp³-hybridized carbons (Fsp3) is 0.429. The highest BCUT2D eigenvalue weighted by molar-refractivity contribution is 5.97. The second kappa shape index (κ2) is 6.88. The first-order valence-electron chi connectivity index (χ1n) is 6.55. The normalized spacial score (nSPS) is 11.8. The number of halogens is 1. The summed E-state index contributed by atoms with van der Waals surface area (Å²) in [5.74, 6) is -1.32. The molecule has 1 unspecified atom stereocenters. The first kappa shape index (κ1) is 15.9. The lowest BCUT2D eigenvalue weighted by atomic mass is 10.1. The quantitative estimate of drug-likeness (QED) is 0.801. The van der Waals surface area contributed by atoms with Crippen molar-refractivity contribution in [2.45, 2.75) is 26.8 Å². The van der Waals surface area contributed by atoms with Gasteiger partial charge in [0.1, 0.15) is 11.9 Å². The lowest BCUT2D eigenvalue weighted by Crippen LogP contribution is -2.46. The number of nitrogens with two attached hydrogens (primary N) is 1. The third kappa shape index (κ3) is 3.69. The van der Waals surface area contributed by atoms with Crippen LogP contribution in [0.15, 0.2) is 18.2 Å². The Morgan fingerprint density at radius 1 is 1.35 bits per heavy atom. The molecule has 1 aromatic carbocycles. The molecule has 1 aromatic rings. The zero-order chi connectivity index (χ0) is 15.3. The Balaban J connectivity index is 2.74. The number of carbonyl (C=O) groups is 2. The molecule has 0 aliphatic rings. The summed E-state index contributed by atoms with van der Waals surface area (Å²) in [7, 11) is 0. The molecule has 0 bridgehead atoms. The van der Waals surface area contributed by atoms with E-state index in [0.717, 1.165) is 6.07 Å². The third-order valence-electron chi connectivity index (χ3n) is 3.06. The van der Waals surface area contributed by atoms with Crippen molar-refractivity contribution >= 4 is 17.5 Å². The van der Waals surface area contributed by atoms with Crippen LogP contribution in [0.2, 0.25) is 0 Å². The van der Waals surface area contributed by atoms with E-state index in [0.29, 0.717) is 13.1 Å². The SMILES string of the molecule is CCN(CC)C(=O)C(C)NC(=O)c1ccc(N)c(F)c1. The van der Waals surface area contributed by atoms with Gasteiger partial charge in [-0.05, 0) is 39.0 Å². The highest BCUT2D eigenvalue weighted by Gasteiger charge is 2.20. The minimum absolute atomic E-state index is 0.0196. The number of rotatable bonds is 5. The van der Waals surface area contributed by atoms with Crippen LogP contribution >= 0.6 is 0 Å². The number of likely N-dealkylation sites (N-methyl/N-ethyl adjacent to an activating group) is 1. The van der Waals surface area contributed by atoms with Gasteiger partial charge in [0.2, 0.25) is 5.91 Å². The fourth-order valence-corrected chi connectivity index (χ4v) is 1.82. The lowest BCUT2D eigenvalue weighted by Gasteiger charge is -2.23. The Morgan fingerprint density at radius 3 is 2.45 bits per heavy atom. The molecule has 0 heterocycles. The van der Waals surface area contributed by atoms with Crippen molar-refractivity contribution in [3.63, 3.8) is 0 Å². The van der Waals surface area contributed by atoms with Gasteiger partial charge in [0.15, 0.2) is 0 Å². The monoisotopic (exact) mass is 281 g/mol. The van der Waals surface area contributed by atoms with Gasteiger partial charge in [-0.2, -0.15) is 0 Å². The smallest absolute Gasteiger partial charge is 0.252 e. The van der Waals surface area contributed by atoms with Crippen LogP contribution in [0.1, 0.15) is 31.1 Å². The van der Waals surface area contributed by atoms with E-state index >= 15 is 0 Å². The van der Waals surface area contributed by atoms with Gasteiger partial charge < -0.3 is 16.0 Å². The molecule has 2 amide bonds. The van der Waals surface area contributed by atoms with Crippen molar-refractivity contribution < 1.29 is 14.0 Å². The summed E-state index contributed by atoms with van der Waals surface area (Å²) in [6.07, 6.45) is 0. The maximum Gasteiger partial charge on any atom is 0.252 e. The maximum absolute atomic E-state index is 13.3. The minimum Gasteiger partial charge on any atom is -0.396 e. The van der Waals surface area contributed by atoms with Gasteiger partial charge in [-0.3, -0.25) is 9.59 Å². The van der Waals surface area contributed by atoms with Crippen LogP contribution in [0, 0.1) is 5.82 Å². The van der Waals surface area contributed by atoms with Crippen molar-refractivity contribution in [1.82, 2.24) is 10.2 Å². The van der Waals surface area contributed by atoms with Gasteiger partial charge >= 0.3 is 0 Å². The molecule has 6 heteroatoms. The number of hydrogen-bond donors (Lipinski definition) is 2. The summed E-state index contributed by atoms with van der Waals surface area (Å²) in [6.45, 7) is 6.49. The molecule has 0 aliphatic carbocycles. The summed E-state index contributed by atoms with van der Waals surface area (Å²) >= 11 is 0. The average Bonchev–Trinajstić information content (AvgIpc) is 2.42. The van der Waals surface area contributed by atoms with Crippen LogP contribution in [0.4, 0.5) is 10.1 Å². The highest BCUT2D eigenvalue weighted by atomic mass is 19.1. The van der Waals surface area contributed by atoms with Crippen molar-refractivity contribution in [3.8, 4) is 0 Å². The van der Waals surface area contributed by atoms with Crippen LogP contribution in [0.5, 0.6) is 0 Å². The molecule has 1 atom stereocenters. The summed E-state index contributed by atoms with van der Waals surface area (Å²) in [5, 5.41) is 2.55. The third-order valence-corrected chi connectivity index (χ3v) is 3.06. The number of anilines is 1. The van der Waals surface area contributed by atoms with Crippen molar-refractivity contribution in [2.75, 3.05) is 18.8 Å². The molecule has 0 aromatic heterocycles. The molecule has 20 heavy (non-hydrogen) atoms. The Hall–Kier alpha value is -2.11. The molecule has 1 rings (SSSR count). The van der Waals surface area contributed by atoms with E-state index in [1.807, 2.05) is 13.8 Å². The number of nitrogen functional groups attached to an aromatic ring is 1. The Bertz CT molecular complexity index is 501. The molecule has 0 aliphatic heterocycles. The van der Waals surface area contributed by atoms with E-state index in [4.69, 9.17) is 5.73 Å². The van der Waals surface area contributed by atoms with E-state index in [9.17, 15) is 14.0 Å². The van der Waals surface area contributed by atoms with Crippen molar-refractivity contribution in [2.24, 2.45) is 0 Å². The number of nitrogens with one attached hydrogen (secondary N) is 1. The van der Waals surface area contributed by atoms with Crippen LogP contribution in [0.3, 0.4) is 0 Å². The number of amides is 2. The van der Waals surface area contributed by atoms with Crippen molar-refractivity contribution in [1.29, 1.82) is 0 Å². The predicted molar refractivity (Wildman–Crippen MR) is 75.7 cm³/mol. The average molecular weight is 281 g/mol. The maximum atomic E-state index is 13.3. The second-order valence-corrected chi connectivity index (χ2v) is 4.44. The Morgan fingerprint density at radius 2 is 1.95 bits per heavy atom. The zero-order valence-corrected chi connectivity index (χ0v) is 11.9. The molecule has 0 spiro atoms. The van der Waals surface area contributed by atoms with Crippen LogP contribution in [-0.2, 0) is 4.79 Å². The van der Waals surface area contributed by atoms with Crippen LogP contribution in [0.25, 0.3) is 0 Å². The highest BCUT2D eigenvalue weighted by Crippen LogP contribution is 2.12. The Kier molecular flexibility index (Phi) is 5.49. The predicted octanol–water partition coefficient (Wildman–Crippen LogP) is 1.39. The number of nitrogens with zero attached hydrogens (tertiary/aromatic N) is 1.